The predicted octanol–water partition coefficient (Wildman–Crippen LogP) is 2.55. The number of benzene rings is 1. The van der Waals surface area contributed by atoms with Crippen molar-refractivity contribution >= 4 is 38.4 Å². The van der Waals surface area contributed by atoms with Crippen molar-refractivity contribution in [1.29, 1.82) is 0 Å². The van der Waals surface area contributed by atoms with E-state index in [9.17, 15) is 0 Å². The summed E-state index contributed by atoms with van der Waals surface area (Å²) in [6.07, 6.45) is 1.84. The monoisotopic (exact) mass is 409 g/mol. The first-order chi connectivity index (χ1) is 11.7. The Morgan fingerprint density at radius 2 is 2.17 bits per heavy atom. The number of anilines is 1. The second kappa shape index (κ2) is 7.85. The molecule has 0 saturated carbocycles. The van der Waals surface area contributed by atoms with Crippen molar-refractivity contribution in [3.05, 3.63) is 39.8 Å². The molecule has 0 aliphatic carbocycles. The van der Waals surface area contributed by atoms with Crippen LogP contribution in [0.5, 0.6) is 5.75 Å². The van der Waals surface area contributed by atoms with Crippen molar-refractivity contribution in [2.75, 3.05) is 38.2 Å². The minimum atomic E-state index is 0.557. The van der Waals surface area contributed by atoms with Gasteiger partial charge in [-0.3, -0.25) is 0 Å². The van der Waals surface area contributed by atoms with Crippen molar-refractivity contribution in [3.8, 4) is 5.75 Å². The highest BCUT2D eigenvalue weighted by Crippen LogP contribution is 2.25. The summed E-state index contributed by atoms with van der Waals surface area (Å²) in [6, 6.07) is 5.94. The summed E-state index contributed by atoms with van der Waals surface area (Å²) >= 11 is 5.16. The lowest BCUT2D eigenvalue weighted by Crippen LogP contribution is -2.51. The number of hydrogen-bond donors (Lipinski definition) is 1. The molecule has 0 unspecified atom stereocenters. The highest BCUT2D eigenvalue weighted by molar-refractivity contribution is 9.10. The van der Waals surface area contributed by atoms with Gasteiger partial charge in [0.05, 0.1) is 18.1 Å². The number of aromatic nitrogens is 1. The number of hydrogen-bond acceptors (Lipinski definition) is 5. The number of nitrogens with two attached hydrogens (primary N) is 1. The Morgan fingerprint density at radius 1 is 1.38 bits per heavy atom. The molecule has 8 heteroatoms. The second-order valence-electron chi connectivity index (χ2n) is 5.43. The number of rotatable bonds is 4. The van der Waals surface area contributed by atoms with Gasteiger partial charge in [0.2, 0.25) is 0 Å². The number of halogens is 1. The molecule has 2 N–H and O–H groups in total. The summed E-state index contributed by atoms with van der Waals surface area (Å²) in [5, 5.41) is 3.08. The quantitative estimate of drug-likeness (QED) is 0.620. The summed E-state index contributed by atoms with van der Waals surface area (Å²) in [4.78, 5) is 13.3. The molecule has 1 fully saturated rings. The molecule has 24 heavy (non-hydrogen) atoms. The molecule has 128 valence electrons. The van der Waals surface area contributed by atoms with E-state index in [0.29, 0.717) is 12.5 Å². The largest absolute Gasteiger partial charge is 0.496 e. The molecule has 1 aliphatic rings. The van der Waals surface area contributed by atoms with Crippen LogP contribution in [-0.4, -0.2) is 49.1 Å². The maximum Gasteiger partial charge on any atom is 0.191 e. The molecule has 0 atom stereocenters. The fraction of sp³-hybridized carbons (Fsp3) is 0.375. The van der Waals surface area contributed by atoms with Gasteiger partial charge < -0.3 is 20.3 Å². The lowest BCUT2D eigenvalue weighted by Gasteiger charge is -2.35. The number of thiazole rings is 1. The van der Waals surface area contributed by atoms with Crippen LogP contribution in [0.3, 0.4) is 0 Å². The average Bonchev–Trinajstić information content (AvgIpc) is 3.14. The molecule has 1 aromatic heterocycles. The third-order valence-electron chi connectivity index (χ3n) is 3.93. The molecule has 1 aromatic carbocycles. The number of piperazine rings is 1. The molecule has 2 aromatic rings. The van der Waals surface area contributed by atoms with E-state index in [0.717, 1.165) is 47.1 Å². The standard InChI is InChI=1S/C16H20BrN5OS/c1-23-14-3-2-12(10-13(14)17)11-20-15(18)21-5-7-22(8-6-21)16-19-4-9-24-16/h2-4,9-10H,5-8,11H2,1H3,(H2,18,20). The number of guanidine groups is 1. The van der Waals surface area contributed by atoms with Crippen LogP contribution >= 0.6 is 27.3 Å². The average molecular weight is 410 g/mol. The molecule has 0 radical (unpaired) electrons. The highest BCUT2D eigenvalue weighted by Gasteiger charge is 2.19. The molecular formula is C16H20BrN5OS. The van der Waals surface area contributed by atoms with E-state index in [4.69, 9.17) is 10.5 Å². The van der Waals surface area contributed by atoms with Gasteiger partial charge >= 0.3 is 0 Å². The zero-order chi connectivity index (χ0) is 16.9. The van der Waals surface area contributed by atoms with Gasteiger partial charge in [0.25, 0.3) is 0 Å². The normalized spacial score (nSPS) is 15.7. The molecule has 1 saturated heterocycles. The van der Waals surface area contributed by atoms with Crippen LogP contribution in [0, 0.1) is 0 Å². The first kappa shape index (κ1) is 17.0. The van der Waals surface area contributed by atoms with Crippen LogP contribution in [-0.2, 0) is 6.54 Å². The van der Waals surface area contributed by atoms with Crippen molar-refractivity contribution in [1.82, 2.24) is 9.88 Å². The first-order valence-electron chi connectivity index (χ1n) is 7.69. The van der Waals surface area contributed by atoms with Gasteiger partial charge in [-0.1, -0.05) is 6.07 Å². The Balaban J connectivity index is 1.56. The van der Waals surface area contributed by atoms with Crippen LogP contribution in [0.1, 0.15) is 5.56 Å². The van der Waals surface area contributed by atoms with Crippen LogP contribution < -0.4 is 15.4 Å². The van der Waals surface area contributed by atoms with Crippen molar-refractivity contribution < 1.29 is 4.74 Å². The Hall–Kier alpha value is -1.80. The molecule has 0 spiro atoms. The lowest BCUT2D eigenvalue weighted by atomic mass is 10.2. The van der Waals surface area contributed by atoms with E-state index in [-0.39, 0.29) is 0 Å². The van der Waals surface area contributed by atoms with Gasteiger partial charge in [-0.15, -0.1) is 11.3 Å². The topological polar surface area (TPSA) is 67.0 Å². The van der Waals surface area contributed by atoms with Crippen molar-refractivity contribution in [2.45, 2.75) is 6.54 Å². The van der Waals surface area contributed by atoms with E-state index in [1.807, 2.05) is 29.8 Å². The molecule has 6 nitrogen and oxygen atoms in total. The summed E-state index contributed by atoms with van der Waals surface area (Å²) in [6.45, 7) is 4.11. The van der Waals surface area contributed by atoms with Gasteiger partial charge in [-0.25, -0.2) is 9.98 Å². The second-order valence-corrected chi connectivity index (χ2v) is 7.16. The van der Waals surface area contributed by atoms with Crippen LogP contribution in [0.15, 0.2) is 39.2 Å². The molecule has 0 bridgehead atoms. The van der Waals surface area contributed by atoms with Crippen LogP contribution in [0.2, 0.25) is 0 Å². The van der Waals surface area contributed by atoms with E-state index < -0.39 is 0 Å². The van der Waals surface area contributed by atoms with Crippen molar-refractivity contribution in [2.24, 2.45) is 10.7 Å². The number of methoxy groups -OCH3 is 1. The Kier molecular flexibility index (Phi) is 5.57. The van der Waals surface area contributed by atoms with E-state index >= 15 is 0 Å². The van der Waals surface area contributed by atoms with Gasteiger partial charge in [-0.05, 0) is 33.6 Å². The van der Waals surface area contributed by atoms with Gasteiger partial charge in [-0.2, -0.15) is 0 Å². The fourth-order valence-electron chi connectivity index (χ4n) is 2.58. The van der Waals surface area contributed by atoms with Crippen LogP contribution in [0.4, 0.5) is 5.13 Å². The van der Waals surface area contributed by atoms with E-state index in [2.05, 4.69) is 35.7 Å². The van der Waals surface area contributed by atoms with E-state index in [1.54, 1.807) is 18.4 Å². The maximum absolute atomic E-state index is 6.16. The Morgan fingerprint density at radius 3 is 2.79 bits per heavy atom. The molecular weight excluding hydrogens is 390 g/mol. The zero-order valence-corrected chi connectivity index (χ0v) is 15.9. The highest BCUT2D eigenvalue weighted by atomic mass is 79.9. The minimum Gasteiger partial charge on any atom is -0.496 e. The van der Waals surface area contributed by atoms with Gasteiger partial charge in [0.15, 0.2) is 11.1 Å². The summed E-state index contributed by atoms with van der Waals surface area (Å²) in [5.41, 5.74) is 7.25. The number of aliphatic imine (C=N–C) groups is 1. The SMILES string of the molecule is COc1ccc(CN=C(N)N2CCN(c3nccs3)CC2)cc1Br. The summed E-state index contributed by atoms with van der Waals surface area (Å²) in [5.74, 6) is 1.41. The van der Waals surface area contributed by atoms with Gasteiger partial charge in [0.1, 0.15) is 5.75 Å². The molecule has 2 heterocycles. The minimum absolute atomic E-state index is 0.557. The fourth-order valence-corrected chi connectivity index (χ4v) is 3.86. The van der Waals surface area contributed by atoms with E-state index in [1.165, 1.54) is 0 Å². The Labute approximate surface area is 154 Å². The summed E-state index contributed by atoms with van der Waals surface area (Å²) < 4.78 is 6.16. The smallest absolute Gasteiger partial charge is 0.191 e. The third kappa shape index (κ3) is 3.99. The lowest BCUT2D eigenvalue weighted by molar-refractivity contribution is 0.380. The van der Waals surface area contributed by atoms with Crippen molar-refractivity contribution in [3.63, 3.8) is 0 Å². The number of nitrogens with zero attached hydrogens (tertiary/aromatic N) is 4. The third-order valence-corrected chi connectivity index (χ3v) is 5.39. The van der Waals surface area contributed by atoms with Gasteiger partial charge in [0, 0.05) is 37.8 Å². The number of ether oxygens (including phenoxy) is 1. The van der Waals surface area contributed by atoms with Crippen LogP contribution in [0.25, 0.3) is 0 Å². The molecule has 1 aliphatic heterocycles. The first-order valence-corrected chi connectivity index (χ1v) is 9.36. The maximum atomic E-state index is 6.16. The summed E-state index contributed by atoms with van der Waals surface area (Å²) in [7, 11) is 1.65. The molecule has 0 amide bonds. The Bertz CT molecular complexity index is 698. The zero-order valence-electron chi connectivity index (χ0n) is 13.5. The molecule has 3 rings (SSSR count). The predicted molar refractivity (Wildman–Crippen MR) is 102 cm³/mol.